The van der Waals surface area contributed by atoms with Crippen LogP contribution in [0.1, 0.15) is 24.0 Å². The zero-order chi connectivity index (χ0) is 15.4. The predicted molar refractivity (Wildman–Crippen MR) is 88.4 cm³/mol. The topological polar surface area (TPSA) is 29.5 Å². The zero-order valence-electron chi connectivity index (χ0n) is 12.9. The minimum Gasteiger partial charge on any atom is -0.490 e. The van der Waals surface area contributed by atoms with Gasteiger partial charge in [0.1, 0.15) is 12.4 Å². The molecule has 0 spiro atoms. The Bertz CT molecular complexity index is 649. The van der Waals surface area contributed by atoms with Crippen LogP contribution in [-0.4, -0.2) is 19.1 Å². The molecule has 1 aliphatic rings. The van der Waals surface area contributed by atoms with E-state index in [-0.39, 0.29) is 5.91 Å². The molecule has 3 rings (SSSR count). The van der Waals surface area contributed by atoms with E-state index in [0.717, 1.165) is 24.3 Å². The average molecular weight is 295 g/mol. The first-order chi connectivity index (χ1) is 10.7. The molecule has 2 aromatic rings. The number of para-hydroxylation sites is 2. The second kappa shape index (κ2) is 6.65. The summed E-state index contributed by atoms with van der Waals surface area (Å²) in [4.78, 5) is 14.3. The molecule has 0 saturated carbocycles. The van der Waals surface area contributed by atoms with E-state index in [1.165, 1.54) is 11.1 Å². The average Bonchev–Trinajstić information content (AvgIpc) is 2.56. The molecule has 0 bridgehead atoms. The molecule has 114 valence electrons. The lowest BCUT2D eigenvalue weighted by molar-refractivity contribution is -0.118. The molecular formula is C19H21NO2. The van der Waals surface area contributed by atoms with Gasteiger partial charge in [-0.15, -0.1) is 0 Å². The van der Waals surface area contributed by atoms with Crippen LogP contribution < -0.4 is 9.64 Å². The quantitative estimate of drug-likeness (QED) is 0.860. The van der Waals surface area contributed by atoms with Crippen molar-refractivity contribution in [2.45, 2.75) is 26.2 Å². The Kier molecular flexibility index (Phi) is 4.42. The Morgan fingerprint density at radius 1 is 1.14 bits per heavy atom. The van der Waals surface area contributed by atoms with Crippen LogP contribution in [0.25, 0.3) is 0 Å². The number of amides is 1. The van der Waals surface area contributed by atoms with Gasteiger partial charge >= 0.3 is 0 Å². The highest BCUT2D eigenvalue weighted by atomic mass is 16.5. The van der Waals surface area contributed by atoms with Gasteiger partial charge in [-0.3, -0.25) is 4.79 Å². The molecule has 0 N–H and O–H groups in total. The highest BCUT2D eigenvalue weighted by Crippen LogP contribution is 2.31. The maximum absolute atomic E-state index is 12.5. The molecule has 3 nitrogen and oxygen atoms in total. The first-order valence-electron chi connectivity index (χ1n) is 7.82. The van der Waals surface area contributed by atoms with Crippen molar-refractivity contribution >= 4 is 11.6 Å². The summed E-state index contributed by atoms with van der Waals surface area (Å²) >= 11 is 0. The van der Waals surface area contributed by atoms with E-state index >= 15 is 0 Å². The van der Waals surface area contributed by atoms with Gasteiger partial charge in [0.25, 0.3) is 0 Å². The van der Waals surface area contributed by atoms with E-state index in [1.807, 2.05) is 29.2 Å². The lowest BCUT2D eigenvalue weighted by Gasteiger charge is -2.29. The van der Waals surface area contributed by atoms with Crippen LogP contribution >= 0.6 is 0 Å². The summed E-state index contributed by atoms with van der Waals surface area (Å²) in [6, 6.07) is 16.3. The Morgan fingerprint density at radius 3 is 2.73 bits per heavy atom. The van der Waals surface area contributed by atoms with Gasteiger partial charge in [0.05, 0.1) is 12.2 Å². The number of aryl methyl sites for hydroxylation is 2. The van der Waals surface area contributed by atoms with E-state index in [4.69, 9.17) is 4.74 Å². The third kappa shape index (κ3) is 3.30. The molecule has 0 radical (unpaired) electrons. The SMILES string of the molecule is Cc1ccc(CCCC(=O)N2CCOc3ccccc32)cc1. The first kappa shape index (κ1) is 14.6. The number of nitrogens with zero attached hydrogens (tertiary/aromatic N) is 1. The molecule has 22 heavy (non-hydrogen) atoms. The fourth-order valence-electron chi connectivity index (χ4n) is 2.76. The number of ether oxygens (including phenoxy) is 1. The van der Waals surface area contributed by atoms with Crippen LogP contribution in [0.3, 0.4) is 0 Å². The molecule has 0 atom stereocenters. The fraction of sp³-hybridized carbons (Fsp3) is 0.316. The van der Waals surface area contributed by atoms with Gasteiger partial charge in [-0.25, -0.2) is 0 Å². The summed E-state index contributed by atoms with van der Waals surface area (Å²) < 4.78 is 5.59. The van der Waals surface area contributed by atoms with Gasteiger partial charge in [-0.1, -0.05) is 42.0 Å². The number of benzene rings is 2. The van der Waals surface area contributed by atoms with Crippen LogP contribution in [0, 0.1) is 6.92 Å². The van der Waals surface area contributed by atoms with Crippen LogP contribution in [0.4, 0.5) is 5.69 Å². The molecule has 1 aliphatic heterocycles. The minimum absolute atomic E-state index is 0.183. The number of hydrogen-bond acceptors (Lipinski definition) is 2. The molecule has 0 aliphatic carbocycles. The van der Waals surface area contributed by atoms with Gasteiger partial charge in [0.2, 0.25) is 5.91 Å². The lowest BCUT2D eigenvalue weighted by Crippen LogP contribution is -2.37. The minimum atomic E-state index is 0.183. The van der Waals surface area contributed by atoms with Gasteiger partial charge < -0.3 is 9.64 Å². The Balaban J connectivity index is 1.58. The zero-order valence-corrected chi connectivity index (χ0v) is 12.9. The van der Waals surface area contributed by atoms with E-state index < -0.39 is 0 Å². The number of anilines is 1. The number of hydrogen-bond donors (Lipinski definition) is 0. The maximum Gasteiger partial charge on any atom is 0.227 e. The van der Waals surface area contributed by atoms with E-state index in [0.29, 0.717) is 19.6 Å². The Hall–Kier alpha value is -2.29. The molecule has 0 fully saturated rings. The molecule has 1 heterocycles. The smallest absolute Gasteiger partial charge is 0.227 e. The van der Waals surface area contributed by atoms with Crippen molar-refractivity contribution in [3.05, 3.63) is 59.7 Å². The summed E-state index contributed by atoms with van der Waals surface area (Å²) in [5.74, 6) is 0.989. The standard InChI is InChI=1S/C19H21NO2/c1-15-9-11-16(12-10-15)5-4-8-19(21)20-13-14-22-18-7-3-2-6-17(18)20/h2-3,6-7,9-12H,4-5,8,13-14H2,1H3. The van der Waals surface area contributed by atoms with Crippen molar-refractivity contribution in [1.82, 2.24) is 0 Å². The highest BCUT2D eigenvalue weighted by molar-refractivity contribution is 5.95. The number of rotatable bonds is 4. The second-order valence-electron chi connectivity index (χ2n) is 5.70. The van der Waals surface area contributed by atoms with E-state index in [9.17, 15) is 4.79 Å². The van der Waals surface area contributed by atoms with Crippen LogP contribution in [0.2, 0.25) is 0 Å². The molecule has 0 saturated heterocycles. The molecular weight excluding hydrogens is 274 g/mol. The summed E-state index contributed by atoms with van der Waals surface area (Å²) in [6.07, 6.45) is 2.39. The van der Waals surface area contributed by atoms with Crippen molar-refractivity contribution in [3.8, 4) is 5.75 Å². The number of carbonyl (C=O) groups excluding carboxylic acids is 1. The second-order valence-corrected chi connectivity index (χ2v) is 5.70. The fourth-order valence-corrected chi connectivity index (χ4v) is 2.76. The number of carbonyl (C=O) groups is 1. The van der Waals surface area contributed by atoms with Gasteiger partial charge in [0, 0.05) is 6.42 Å². The monoisotopic (exact) mass is 295 g/mol. The molecule has 0 unspecified atom stereocenters. The van der Waals surface area contributed by atoms with Crippen molar-refractivity contribution in [1.29, 1.82) is 0 Å². The van der Waals surface area contributed by atoms with Gasteiger partial charge in [-0.2, -0.15) is 0 Å². The molecule has 2 aromatic carbocycles. The van der Waals surface area contributed by atoms with Crippen LogP contribution in [-0.2, 0) is 11.2 Å². The summed E-state index contributed by atoms with van der Waals surface area (Å²) in [7, 11) is 0. The first-order valence-corrected chi connectivity index (χ1v) is 7.82. The summed E-state index contributed by atoms with van der Waals surface area (Å²) in [6.45, 7) is 3.30. The van der Waals surface area contributed by atoms with Crippen LogP contribution in [0.5, 0.6) is 5.75 Å². The summed E-state index contributed by atoms with van der Waals surface area (Å²) in [5, 5.41) is 0. The van der Waals surface area contributed by atoms with Crippen molar-refractivity contribution in [2.75, 3.05) is 18.1 Å². The highest BCUT2D eigenvalue weighted by Gasteiger charge is 2.22. The normalized spacial score (nSPS) is 13.4. The van der Waals surface area contributed by atoms with Crippen molar-refractivity contribution in [3.63, 3.8) is 0 Å². The predicted octanol–water partition coefficient (Wildman–Crippen LogP) is 3.74. The molecule has 3 heteroatoms. The summed E-state index contributed by atoms with van der Waals surface area (Å²) in [5.41, 5.74) is 3.46. The maximum atomic E-state index is 12.5. The van der Waals surface area contributed by atoms with Gasteiger partial charge in [0.15, 0.2) is 0 Å². The molecule has 0 aromatic heterocycles. The lowest BCUT2D eigenvalue weighted by atomic mass is 10.1. The van der Waals surface area contributed by atoms with Gasteiger partial charge in [-0.05, 0) is 37.5 Å². The van der Waals surface area contributed by atoms with E-state index in [1.54, 1.807) is 0 Å². The largest absolute Gasteiger partial charge is 0.490 e. The van der Waals surface area contributed by atoms with Crippen molar-refractivity contribution in [2.24, 2.45) is 0 Å². The van der Waals surface area contributed by atoms with Crippen LogP contribution in [0.15, 0.2) is 48.5 Å². The van der Waals surface area contributed by atoms with Crippen molar-refractivity contribution < 1.29 is 9.53 Å². The third-order valence-electron chi connectivity index (χ3n) is 4.01. The Morgan fingerprint density at radius 2 is 1.91 bits per heavy atom. The van der Waals surface area contributed by atoms with E-state index in [2.05, 4.69) is 31.2 Å². The third-order valence-corrected chi connectivity index (χ3v) is 4.01. The Labute approximate surface area is 131 Å². The molecule has 1 amide bonds. The number of fused-ring (bicyclic) bond motifs is 1.